The summed E-state index contributed by atoms with van der Waals surface area (Å²) in [6.45, 7) is 8.68. The molecule has 0 spiro atoms. The maximum Gasteiger partial charge on any atom is 0.226 e. The standard InChI is InChI=1S/C18H24ClN3OS2/c1-12(10-18(2,3)4)8-15(23)20-16-21-22-17(25-16)24-11-13-6-5-7-14(19)9-13/h5-7,9,12H,8,10-11H2,1-4H3,(H,20,21,23)/t12-/m1/s1. The molecular formula is C18H24ClN3OS2. The molecule has 0 saturated heterocycles. The minimum atomic E-state index is -0.000656. The van der Waals surface area contributed by atoms with Gasteiger partial charge in [0.15, 0.2) is 4.34 Å². The zero-order chi connectivity index (χ0) is 18.4. The van der Waals surface area contributed by atoms with E-state index < -0.39 is 0 Å². The van der Waals surface area contributed by atoms with Crippen molar-refractivity contribution in [1.82, 2.24) is 10.2 Å². The molecule has 0 aliphatic rings. The topological polar surface area (TPSA) is 54.9 Å². The monoisotopic (exact) mass is 397 g/mol. The number of halogens is 1. The predicted octanol–water partition coefficient (Wildman–Crippen LogP) is 5.88. The number of aromatic nitrogens is 2. The molecule has 2 aromatic rings. The Morgan fingerprint density at radius 1 is 1.36 bits per heavy atom. The molecule has 0 aliphatic carbocycles. The molecule has 136 valence electrons. The molecule has 1 heterocycles. The van der Waals surface area contributed by atoms with Crippen molar-refractivity contribution < 1.29 is 4.79 Å². The highest BCUT2D eigenvalue weighted by Gasteiger charge is 2.18. The first-order valence-electron chi connectivity index (χ1n) is 8.22. The predicted molar refractivity (Wildman–Crippen MR) is 107 cm³/mol. The van der Waals surface area contributed by atoms with Crippen LogP contribution in [-0.4, -0.2) is 16.1 Å². The van der Waals surface area contributed by atoms with Crippen LogP contribution >= 0.6 is 34.7 Å². The van der Waals surface area contributed by atoms with Crippen LogP contribution in [-0.2, 0) is 10.5 Å². The maximum absolute atomic E-state index is 12.1. The quantitative estimate of drug-likeness (QED) is 0.467. The van der Waals surface area contributed by atoms with Crippen molar-refractivity contribution in [3.8, 4) is 0 Å². The highest BCUT2D eigenvalue weighted by atomic mass is 35.5. The zero-order valence-electron chi connectivity index (χ0n) is 15.0. The van der Waals surface area contributed by atoms with E-state index in [1.54, 1.807) is 11.8 Å². The van der Waals surface area contributed by atoms with Gasteiger partial charge in [0.1, 0.15) is 0 Å². The second-order valence-electron chi connectivity index (χ2n) is 7.41. The lowest BCUT2D eigenvalue weighted by molar-refractivity contribution is -0.117. The Hall–Kier alpha value is -1.11. The third kappa shape index (κ3) is 7.75. The van der Waals surface area contributed by atoms with Crippen LogP contribution in [0.1, 0.15) is 46.1 Å². The van der Waals surface area contributed by atoms with Crippen molar-refractivity contribution in [3.05, 3.63) is 34.9 Å². The van der Waals surface area contributed by atoms with E-state index in [4.69, 9.17) is 11.6 Å². The fraction of sp³-hybridized carbons (Fsp3) is 0.500. The number of rotatable bonds is 7. The van der Waals surface area contributed by atoms with Crippen LogP contribution in [0.2, 0.25) is 5.02 Å². The van der Waals surface area contributed by atoms with Crippen molar-refractivity contribution in [2.75, 3.05) is 5.32 Å². The summed E-state index contributed by atoms with van der Waals surface area (Å²) in [6.07, 6.45) is 1.51. The lowest BCUT2D eigenvalue weighted by Crippen LogP contribution is -2.18. The van der Waals surface area contributed by atoms with E-state index in [0.717, 1.165) is 27.1 Å². The van der Waals surface area contributed by atoms with Crippen LogP contribution in [0.5, 0.6) is 0 Å². The third-order valence-electron chi connectivity index (χ3n) is 3.40. The molecule has 0 aliphatic heterocycles. The van der Waals surface area contributed by atoms with Gasteiger partial charge in [0.05, 0.1) is 0 Å². The second kappa shape index (κ2) is 9.01. The second-order valence-corrected chi connectivity index (χ2v) is 10.1. The van der Waals surface area contributed by atoms with Gasteiger partial charge < -0.3 is 5.32 Å². The number of nitrogens with zero attached hydrogens (tertiary/aromatic N) is 2. The molecule has 4 nitrogen and oxygen atoms in total. The highest BCUT2D eigenvalue weighted by Crippen LogP contribution is 2.30. The highest BCUT2D eigenvalue weighted by molar-refractivity contribution is 8.00. The van der Waals surface area contributed by atoms with Crippen LogP contribution in [0.4, 0.5) is 5.13 Å². The largest absolute Gasteiger partial charge is 0.300 e. The maximum atomic E-state index is 12.1. The fourth-order valence-electron chi connectivity index (χ4n) is 2.69. The molecule has 1 aromatic carbocycles. The number of anilines is 1. The van der Waals surface area contributed by atoms with Gasteiger partial charge in [0.25, 0.3) is 0 Å². The number of hydrogen-bond acceptors (Lipinski definition) is 5. The summed E-state index contributed by atoms with van der Waals surface area (Å²) < 4.78 is 0.831. The number of carbonyl (C=O) groups excluding carboxylic acids is 1. The first-order valence-corrected chi connectivity index (χ1v) is 10.4. The van der Waals surface area contributed by atoms with Crippen LogP contribution in [0.25, 0.3) is 0 Å². The molecule has 0 bridgehead atoms. The average molecular weight is 398 g/mol. The molecule has 0 saturated carbocycles. The van der Waals surface area contributed by atoms with Crippen LogP contribution in [0.15, 0.2) is 28.6 Å². The van der Waals surface area contributed by atoms with Gasteiger partial charge in [-0.05, 0) is 35.4 Å². The Labute approximate surface area is 162 Å². The first-order chi connectivity index (χ1) is 11.7. The molecule has 1 atom stereocenters. The Kier molecular flexibility index (Phi) is 7.28. The Balaban J connectivity index is 1.81. The van der Waals surface area contributed by atoms with Gasteiger partial charge in [-0.25, -0.2) is 0 Å². The van der Waals surface area contributed by atoms with E-state index in [0.29, 0.717) is 17.5 Å². The summed E-state index contributed by atoms with van der Waals surface area (Å²) in [5.41, 5.74) is 1.36. The van der Waals surface area contributed by atoms with E-state index in [-0.39, 0.29) is 11.3 Å². The lowest BCUT2D eigenvalue weighted by atomic mass is 9.84. The van der Waals surface area contributed by atoms with Gasteiger partial charge in [-0.3, -0.25) is 4.79 Å². The fourth-order valence-corrected chi connectivity index (χ4v) is 4.62. The van der Waals surface area contributed by atoms with Gasteiger partial charge in [-0.1, -0.05) is 74.5 Å². The van der Waals surface area contributed by atoms with E-state index >= 15 is 0 Å². The van der Waals surface area contributed by atoms with E-state index in [2.05, 4.69) is 43.2 Å². The van der Waals surface area contributed by atoms with E-state index in [1.807, 2.05) is 24.3 Å². The number of benzene rings is 1. The molecule has 1 aromatic heterocycles. The van der Waals surface area contributed by atoms with Crippen LogP contribution in [0.3, 0.4) is 0 Å². The molecule has 25 heavy (non-hydrogen) atoms. The van der Waals surface area contributed by atoms with Gasteiger partial charge in [-0.15, -0.1) is 10.2 Å². The SMILES string of the molecule is C[C@H](CC(=O)Nc1nnc(SCc2cccc(Cl)c2)s1)CC(C)(C)C. The summed E-state index contributed by atoms with van der Waals surface area (Å²) in [7, 11) is 0. The normalized spacial score (nSPS) is 12.8. The summed E-state index contributed by atoms with van der Waals surface area (Å²) in [6, 6.07) is 7.76. The number of carbonyl (C=O) groups is 1. The molecule has 0 radical (unpaired) electrons. The minimum Gasteiger partial charge on any atom is -0.300 e. The zero-order valence-corrected chi connectivity index (χ0v) is 17.4. The molecular weight excluding hydrogens is 374 g/mol. The number of amides is 1. The molecule has 1 amide bonds. The third-order valence-corrected chi connectivity index (χ3v) is 5.68. The van der Waals surface area contributed by atoms with Crippen molar-refractivity contribution in [3.63, 3.8) is 0 Å². The van der Waals surface area contributed by atoms with Gasteiger partial charge in [-0.2, -0.15) is 0 Å². The Bertz CT molecular complexity index is 712. The molecule has 2 rings (SSSR count). The first kappa shape index (κ1) is 20.2. The number of nitrogens with one attached hydrogen (secondary N) is 1. The van der Waals surface area contributed by atoms with Gasteiger partial charge >= 0.3 is 0 Å². The summed E-state index contributed by atoms with van der Waals surface area (Å²) >= 11 is 8.97. The van der Waals surface area contributed by atoms with Crippen LogP contribution < -0.4 is 5.32 Å². The lowest BCUT2D eigenvalue weighted by Gasteiger charge is -2.22. The summed E-state index contributed by atoms with van der Waals surface area (Å²) in [5.74, 6) is 1.11. The summed E-state index contributed by atoms with van der Waals surface area (Å²) in [5, 5.41) is 12.3. The minimum absolute atomic E-state index is 0.000656. The number of thioether (sulfide) groups is 1. The van der Waals surface area contributed by atoms with E-state index in [1.165, 1.54) is 11.3 Å². The van der Waals surface area contributed by atoms with Crippen molar-refractivity contribution in [1.29, 1.82) is 0 Å². The Morgan fingerprint density at radius 2 is 2.12 bits per heavy atom. The Morgan fingerprint density at radius 3 is 2.80 bits per heavy atom. The van der Waals surface area contributed by atoms with Crippen molar-refractivity contribution >= 4 is 45.7 Å². The van der Waals surface area contributed by atoms with Crippen molar-refractivity contribution in [2.24, 2.45) is 11.3 Å². The summed E-state index contributed by atoms with van der Waals surface area (Å²) in [4.78, 5) is 12.1. The van der Waals surface area contributed by atoms with Gasteiger partial charge in [0.2, 0.25) is 11.0 Å². The molecule has 0 fully saturated rings. The van der Waals surface area contributed by atoms with Crippen molar-refractivity contribution in [2.45, 2.75) is 50.6 Å². The molecule has 7 heteroatoms. The van der Waals surface area contributed by atoms with E-state index in [9.17, 15) is 4.79 Å². The molecule has 0 unspecified atom stereocenters. The van der Waals surface area contributed by atoms with Gasteiger partial charge in [0, 0.05) is 17.2 Å². The average Bonchev–Trinajstić information content (AvgIpc) is 2.90. The number of hydrogen-bond donors (Lipinski definition) is 1. The molecule has 1 N–H and O–H groups in total. The van der Waals surface area contributed by atoms with Crippen LogP contribution in [0, 0.1) is 11.3 Å². The smallest absolute Gasteiger partial charge is 0.226 e.